The van der Waals surface area contributed by atoms with Crippen molar-refractivity contribution >= 4 is 0 Å². The van der Waals surface area contributed by atoms with E-state index < -0.39 is 0 Å². The van der Waals surface area contributed by atoms with E-state index >= 15 is 0 Å². The molecule has 2 aliphatic rings. The molecule has 0 aromatic heterocycles. The molecule has 1 aliphatic carbocycles. The second-order valence-corrected chi connectivity index (χ2v) is 6.60. The molecule has 1 saturated carbocycles. The van der Waals surface area contributed by atoms with E-state index in [2.05, 4.69) is 31.0 Å². The van der Waals surface area contributed by atoms with Crippen LogP contribution in [0.4, 0.5) is 0 Å². The summed E-state index contributed by atoms with van der Waals surface area (Å²) in [5, 5.41) is 3.68. The van der Waals surface area contributed by atoms with Crippen molar-refractivity contribution in [2.45, 2.75) is 76.9 Å². The Kier molecular flexibility index (Phi) is 3.91. The minimum absolute atomic E-state index is 0.268. The fourth-order valence-corrected chi connectivity index (χ4v) is 3.22. The zero-order chi connectivity index (χ0) is 11.6. The number of likely N-dealkylation sites (tertiary alicyclic amines) is 1. The van der Waals surface area contributed by atoms with Crippen LogP contribution in [-0.2, 0) is 0 Å². The highest BCUT2D eigenvalue weighted by Gasteiger charge is 2.32. The van der Waals surface area contributed by atoms with E-state index in [-0.39, 0.29) is 5.54 Å². The molecule has 0 amide bonds. The average Bonchev–Trinajstić information content (AvgIpc) is 2.84. The van der Waals surface area contributed by atoms with E-state index in [9.17, 15) is 0 Å². The Morgan fingerprint density at radius 1 is 1.06 bits per heavy atom. The van der Waals surface area contributed by atoms with Crippen LogP contribution in [0.5, 0.6) is 0 Å². The molecule has 16 heavy (non-hydrogen) atoms. The van der Waals surface area contributed by atoms with Gasteiger partial charge in [-0.3, -0.25) is 4.90 Å². The molecule has 2 rings (SSSR count). The topological polar surface area (TPSA) is 15.3 Å². The normalized spacial score (nSPS) is 29.1. The molecule has 1 N–H and O–H groups in total. The van der Waals surface area contributed by atoms with Crippen molar-refractivity contribution in [2.24, 2.45) is 0 Å². The highest BCUT2D eigenvalue weighted by Crippen LogP contribution is 2.29. The smallest absolute Gasteiger partial charge is 0.0224 e. The Hall–Kier alpha value is -0.0800. The van der Waals surface area contributed by atoms with Gasteiger partial charge in [0.1, 0.15) is 0 Å². The van der Waals surface area contributed by atoms with Crippen LogP contribution in [-0.4, -0.2) is 35.6 Å². The molecule has 1 atom stereocenters. The highest BCUT2D eigenvalue weighted by atomic mass is 15.2. The van der Waals surface area contributed by atoms with Gasteiger partial charge in [0.2, 0.25) is 0 Å². The fourth-order valence-electron chi connectivity index (χ4n) is 3.22. The molecule has 1 heterocycles. The average molecular weight is 224 g/mol. The Labute approximate surface area is 101 Å². The predicted octanol–water partition coefficient (Wildman–Crippen LogP) is 2.78. The first-order chi connectivity index (χ1) is 7.56. The van der Waals surface area contributed by atoms with Gasteiger partial charge in [-0.15, -0.1) is 0 Å². The Morgan fingerprint density at radius 2 is 1.75 bits per heavy atom. The summed E-state index contributed by atoms with van der Waals surface area (Å²) in [6.45, 7) is 9.33. The van der Waals surface area contributed by atoms with Gasteiger partial charge in [-0.05, 0) is 53.0 Å². The first kappa shape index (κ1) is 12.4. The molecule has 2 heteroatoms. The van der Waals surface area contributed by atoms with Crippen LogP contribution in [0.3, 0.4) is 0 Å². The molecule has 0 spiro atoms. The summed E-state index contributed by atoms with van der Waals surface area (Å²) in [5.74, 6) is 0. The van der Waals surface area contributed by atoms with Crippen LogP contribution < -0.4 is 5.32 Å². The lowest BCUT2D eigenvalue weighted by Gasteiger charge is -2.33. The minimum atomic E-state index is 0.268. The monoisotopic (exact) mass is 224 g/mol. The SMILES string of the molecule is CC(C)(C)NCC1CCCN1C1CCCC1. The van der Waals surface area contributed by atoms with Gasteiger partial charge >= 0.3 is 0 Å². The highest BCUT2D eigenvalue weighted by molar-refractivity contribution is 4.89. The van der Waals surface area contributed by atoms with Gasteiger partial charge in [0.05, 0.1) is 0 Å². The minimum Gasteiger partial charge on any atom is -0.311 e. The summed E-state index contributed by atoms with van der Waals surface area (Å²) >= 11 is 0. The van der Waals surface area contributed by atoms with Crippen molar-refractivity contribution in [3.05, 3.63) is 0 Å². The molecule has 0 aromatic rings. The zero-order valence-corrected chi connectivity index (χ0v) is 11.3. The maximum Gasteiger partial charge on any atom is 0.0224 e. The fraction of sp³-hybridized carbons (Fsp3) is 1.00. The van der Waals surface area contributed by atoms with Gasteiger partial charge in [0.15, 0.2) is 0 Å². The lowest BCUT2D eigenvalue weighted by atomic mass is 10.1. The number of hydrogen-bond donors (Lipinski definition) is 1. The van der Waals surface area contributed by atoms with Crippen LogP contribution >= 0.6 is 0 Å². The molecular formula is C14H28N2. The lowest BCUT2D eigenvalue weighted by molar-refractivity contribution is 0.171. The third kappa shape index (κ3) is 3.21. The number of rotatable bonds is 3. The second kappa shape index (κ2) is 5.05. The number of hydrogen-bond acceptors (Lipinski definition) is 2. The van der Waals surface area contributed by atoms with Crippen LogP contribution in [0.25, 0.3) is 0 Å². The second-order valence-electron chi connectivity index (χ2n) is 6.60. The van der Waals surface area contributed by atoms with Crippen molar-refractivity contribution < 1.29 is 0 Å². The van der Waals surface area contributed by atoms with Gasteiger partial charge in [-0.1, -0.05) is 12.8 Å². The molecule has 0 bridgehead atoms. The van der Waals surface area contributed by atoms with Gasteiger partial charge in [0.25, 0.3) is 0 Å². The summed E-state index contributed by atoms with van der Waals surface area (Å²) in [5.41, 5.74) is 0.268. The van der Waals surface area contributed by atoms with Crippen molar-refractivity contribution in [3.63, 3.8) is 0 Å². The lowest BCUT2D eigenvalue weighted by Crippen LogP contribution is -2.47. The predicted molar refractivity (Wildman–Crippen MR) is 69.7 cm³/mol. The first-order valence-electron chi connectivity index (χ1n) is 7.07. The molecular weight excluding hydrogens is 196 g/mol. The molecule has 0 aromatic carbocycles. The molecule has 1 aliphatic heterocycles. The van der Waals surface area contributed by atoms with Crippen molar-refractivity contribution in [3.8, 4) is 0 Å². The van der Waals surface area contributed by atoms with Crippen molar-refractivity contribution in [1.29, 1.82) is 0 Å². The molecule has 2 nitrogen and oxygen atoms in total. The summed E-state index contributed by atoms with van der Waals surface area (Å²) in [6, 6.07) is 1.72. The Bertz CT molecular complexity index is 213. The van der Waals surface area contributed by atoms with E-state index in [1.165, 1.54) is 51.6 Å². The van der Waals surface area contributed by atoms with E-state index in [1.807, 2.05) is 0 Å². The zero-order valence-electron chi connectivity index (χ0n) is 11.3. The Morgan fingerprint density at radius 3 is 2.38 bits per heavy atom. The largest absolute Gasteiger partial charge is 0.311 e. The molecule has 1 saturated heterocycles. The van der Waals surface area contributed by atoms with E-state index in [4.69, 9.17) is 0 Å². The molecule has 2 fully saturated rings. The van der Waals surface area contributed by atoms with Crippen molar-refractivity contribution in [1.82, 2.24) is 10.2 Å². The number of nitrogens with zero attached hydrogens (tertiary/aromatic N) is 1. The van der Waals surface area contributed by atoms with Gasteiger partial charge < -0.3 is 5.32 Å². The van der Waals surface area contributed by atoms with Gasteiger partial charge in [-0.2, -0.15) is 0 Å². The van der Waals surface area contributed by atoms with Crippen LogP contribution in [0.15, 0.2) is 0 Å². The summed E-state index contributed by atoms with van der Waals surface area (Å²) < 4.78 is 0. The standard InChI is InChI=1S/C14H28N2/c1-14(2,3)15-11-13-9-6-10-16(13)12-7-4-5-8-12/h12-13,15H,4-11H2,1-3H3. The van der Waals surface area contributed by atoms with E-state index in [0.717, 1.165) is 12.1 Å². The molecule has 0 radical (unpaired) electrons. The van der Waals surface area contributed by atoms with Crippen molar-refractivity contribution in [2.75, 3.05) is 13.1 Å². The maximum absolute atomic E-state index is 3.68. The first-order valence-corrected chi connectivity index (χ1v) is 7.07. The van der Waals surface area contributed by atoms with Crippen LogP contribution in [0.1, 0.15) is 59.3 Å². The Balaban J connectivity index is 1.83. The molecule has 94 valence electrons. The summed E-state index contributed by atoms with van der Waals surface area (Å²) in [6.07, 6.45) is 8.63. The maximum atomic E-state index is 3.68. The van der Waals surface area contributed by atoms with E-state index in [0.29, 0.717) is 0 Å². The third-order valence-corrected chi connectivity index (χ3v) is 4.08. The van der Waals surface area contributed by atoms with Crippen LogP contribution in [0, 0.1) is 0 Å². The van der Waals surface area contributed by atoms with E-state index in [1.54, 1.807) is 0 Å². The van der Waals surface area contributed by atoms with Crippen LogP contribution in [0.2, 0.25) is 0 Å². The number of nitrogens with one attached hydrogen (secondary N) is 1. The molecule has 1 unspecified atom stereocenters. The summed E-state index contributed by atoms with van der Waals surface area (Å²) in [4.78, 5) is 2.80. The third-order valence-electron chi connectivity index (χ3n) is 4.08. The summed E-state index contributed by atoms with van der Waals surface area (Å²) in [7, 11) is 0. The van der Waals surface area contributed by atoms with Gasteiger partial charge in [0, 0.05) is 24.2 Å². The quantitative estimate of drug-likeness (QED) is 0.793. The van der Waals surface area contributed by atoms with Gasteiger partial charge in [-0.25, -0.2) is 0 Å².